The zero-order valence-electron chi connectivity index (χ0n) is 34.8. The zero-order valence-corrected chi connectivity index (χ0v) is 34.8. The number of nitrogens with one attached hydrogen (secondary N) is 2. The lowest BCUT2D eigenvalue weighted by Crippen LogP contribution is -2.16. The summed E-state index contributed by atoms with van der Waals surface area (Å²) in [6, 6.07) is 32.1. The molecule has 12 heteroatoms. The van der Waals surface area contributed by atoms with Gasteiger partial charge in [-0.1, -0.05) is 48.5 Å². The number of carbonyl (C=O) groups is 2. The van der Waals surface area contributed by atoms with Crippen LogP contribution < -0.4 is 20.1 Å². The minimum Gasteiger partial charge on any atom is -0.489 e. The first kappa shape index (κ1) is 44.2. The van der Waals surface area contributed by atoms with Crippen LogP contribution in [0.2, 0.25) is 0 Å². The van der Waals surface area contributed by atoms with E-state index in [1.54, 1.807) is 24.5 Å². The van der Waals surface area contributed by atoms with Crippen molar-refractivity contribution in [3.63, 3.8) is 0 Å². The van der Waals surface area contributed by atoms with Crippen molar-refractivity contribution in [3.05, 3.63) is 154 Å². The number of rotatable bonds is 21. The molecule has 4 aromatic carbocycles. The van der Waals surface area contributed by atoms with Crippen LogP contribution in [0.4, 0.5) is 0 Å². The summed E-state index contributed by atoms with van der Waals surface area (Å²) < 4.78 is 12.8. The Morgan fingerprint density at radius 2 is 1.02 bits per heavy atom. The second-order valence-corrected chi connectivity index (χ2v) is 14.9. The Hall–Kier alpha value is -7.38. The fraction of sp³-hybridized carbons (Fsp3) is 0.240. The number of carboxylic acid groups (broad SMARTS) is 2. The summed E-state index contributed by atoms with van der Waals surface area (Å²) in [5.74, 6) is -0.325. The fourth-order valence-corrected chi connectivity index (χ4v) is 7.19. The van der Waals surface area contributed by atoms with Gasteiger partial charge < -0.3 is 30.3 Å². The van der Waals surface area contributed by atoms with Crippen molar-refractivity contribution in [2.45, 2.75) is 65.8 Å². The first-order valence-electron chi connectivity index (χ1n) is 20.4. The Labute approximate surface area is 361 Å². The van der Waals surface area contributed by atoms with Gasteiger partial charge in [0.15, 0.2) is 0 Å². The summed E-state index contributed by atoms with van der Waals surface area (Å²) in [6.07, 6.45) is 7.72. The standard InChI is InChI=1S/C50H48N6O6/c1-33-39(31-61-43-15-13-37(27-53-17-5-11-49(57)58)47(21-43)41-19-35(23-51)25-55-29-41)7-3-9-45(33)46-10-4-8-40(34(46)2)32-62-44-16-14-38(28-54-18-6-12-50(59)60)48(22-44)42-20-36(24-52)26-56-30-42/h3-4,7-10,13-16,19-22,25-26,29-30,53-54H,5-6,11-12,17-18,27-28,31-32H2,1-2H3,(H,57,58)(H,59,60). The van der Waals surface area contributed by atoms with Gasteiger partial charge in [0, 0.05) is 61.8 Å². The molecular weight excluding hydrogens is 781 g/mol. The number of pyridine rings is 2. The highest BCUT2D eigenvalue weighted by Crippen LogP contribution is 2.34. The van der Waals surface area contributed by atoms with Crippen LogP contribution in [-0.2, 0) is 35.9 Å². The molecule has 314 valence electrons. The lowest BCUT2D eigenvalue weighted by molar-refractivity contribution is -0.138. The number of hydrogen-bond acceptors (Lipinski definition) is 10. The van der Waals surface area contributed by atoms with Crippen LogP contribution in [0.25, 0.3) is 33.4 Å². The van der Waals surface area contributed by atoms with Crippen molar-refractivity contribution < 1.29 is 29.3 Å². The van der Waals surface area contributed by atoms with Crippen LogP contribution in [0.1, 0.15) is 70.2 Å². The molecule has 2 heterocycles. The van der Waals surface area contributed by atoms with Gasteiger partial charge >= 0.3 is 11.9 Å². The number of aromatic nitrogens is 2. The highest BCUT2D eigenvalue weighted by Gasteiger charge is 2.15. The predicted octanol–water partition coefficient (Wildman–Crippen LogP) is 8.90. The Balaban J connectivity index is 1.17. The van der Waals surface area contributed by atoms with E-state index in [0.29, 0.717) is 74.9 Å². The van der Waals surface area contributed by atoms with E-state index in [0.717, 1.165) is 66.8 Å². The molecule has 0 bridgehead atoms. The van der Waals surface area contributed by atoms with Crippen LogP contribution in [0.5, 0.6) is 11.5 Å². The smallest absolute Gasteiger partial charge is 0.303 e. The van der Waals surface area contributed by atoms with Crippen molar-refractivity contribution in [1.29, 1.82) is 10.5 Å². The third-order valence-electron chi connectivity index (χ3n) is 10.6. The minimum atomic E-state index is -0.824. The number of nitrogens with zero attached hydrogens (tertiary/aromatic N) is 4. The number of benzene rings is 4. The second-order valence-electron chi connectivity index (χ2n) is 14.9. The highest BCUT2D eigenvalue weighted by molar-refractivity contribution is 5.74. The molecule has 0 aliphatic carbocycles. The van der Waals surface area contributed by atoms with E-state index in [1.165, 1.54) is 12.4 Å². The summed E-state index contributed by atoms with van der Waals surface area (Å²) in [6.45, 7) is 6.97. The highest BCUT2D eigenvalue weighted by atomic mass is 16.5. The topological polar surface area (TPSA) is 190 Å². The van der Waals surface area contributed by atoms with Crippen molar-refractivity contribution in [2.75, 3.05) is 13.1 Å². The molecule has 6 aromatic rings. The van der Waals surface area contributed by atoms with Gasteiger partial charge in [0.25, 0.3) is 0 Å². The lowest BCUT2D eigenvalue weighted by atomic mass is 9.92. The van der Waals surface area contributed by atoms with Gasteiger partial charge in [-0.15, -0.1) is 0 Å². The van der Waals surface area contributed by atoms with Gasteiger partial charge in [0.1, 0.15) is 36.9 Å². The maximum atomic E-state index is 11.0. The van der Waals surface area contributed by atoms with E-state index in [4.69, 9.17) is 19.7 Å². The summed E-state index contributed by atoms with van der Waals surface area (Å²) >= 11 is 0. The third kappa shape index (κ3) is 11.9. The van der Waals surface area contributed by atoms with E-state index < -0.39 is 11.9 Å². The minimum absolute atomic E-state index is 0.0954. The number of aliphatic carboxylic acids is 2. The average Bonchev–Trinajstić information content (AvgIpc) is 3.28. The Bertz CT molecular complexity index is 2450. The normalized spacial score (nSPS) is 10.8. The van der Waals surface area contributed by atoms with E-state index in [2.05, 4.69) is 70.9 Å². The van der Waals surface area contributed by atoms with Crippen molar-refractivity contribution >= 4 is 11.9 Å². The SMILES string of the molecule is Cc1c(COc2ccc(CNCCCC(=O)O)c(-c3cncc(C#N)c3)c2)cccc1-c1cccc(COc2ccc(CNCCCC(=O)O)c(-c3cncc(C#N)c3)c2)c1C. The molecule has 0 spiro atoms. The first-order chi connectivity index (χ1) is 30.1. The van der Waals surface area contributed by atoms with E-state index in [1.807, 2.05) is 48.5 Å². The van der Waals surface area contributed by atoms with Gasteiger partial charge in [0.05, 0.1) is 11.1 Å². The van der Waals surface area contributed by atoms with Crippen molar-refractivity contribution in [3.8, 4) is 57.0 Å². The van der Waals surface area contributed by atoms with Crippen molar-refractivity contribution in [1.82, 2.24) is 20.6 Å². The molecule has 0 amide bonds. The summed E-state index contributed by atoms with van der Waals surface area (Å²) in [7, 11) is 0. The molecule has 0 radical (unpaired) electrons. The molecule has 0 aliphatic rings. The molecule has 0 unspecified atom stereocenters. The lowest BCUT2D eigenvalue weighted by Gasteiger charge is -2.18. The molecule has 2 aromatic heterocycles. The molecule has 6 rings (SSSR count). The predicted molar refractivity (Wildman–Crippen MR) is 236 cm³/mol. The van der Waals surface area contributed by atoms with Crippen molar-refractivity contribution in [2.24, 2.45) is 0 Å². The van der Waals surface area contributed by atoms with E-state index >= 15 is 0 Å². The maximum absolute atomic E-state index is 11.0. The second kappa shape index (κ2) is 21.7. The van der Waals surface area contributed by atoms with Crippen LogP contribution in [0, 0.1) is 36.5 Å². The van der Waals surface area contributed by atoms with E-state index in [9.17, 15) is 20.1 Å². The summed E-state index contributed by atoms with van der Waals surface area (Å²) in [5, 5.41) is 43.7. The number of hydrogen-bond donors (Lipinski definition) is 4. The maximum Gasteiger partial charge on any atom is 0.303 e. The monoisotopic (exact) mass is 828 g/mol. The van der Waals surface area contributed by atoms with Crippen LogP contribution in [0.3, 0.4) is 0 Å². The molecule has 0 atom stereocenters. The molecule has 12 nitrogen and oxygen atoms in total. The van der Waals surface area contributed by atoms with Gasteiger partial charge in [-0.3, -0.25) is 19.6 Å². The Kier molecular flexibility index (Phi) is 15.5. The van der Waals surface area contributed by atoms with Crippen LogP contribution in [-0.4, -0.2) is 45.2 Å². The third-order valence-corrected chi connectivity index (χ3v) is 10.6. The molecule has 62 heavy (non-hydrogen) atoms. The van der Waals surface area contributed by atoms with Gasteiger partial charge in [-0.2, -0.15) is 10.5 Å². The van der Waals surface area contributed by atoms with Crippen LogP contribution >= 0.6 is 0 Å². The Morgan fingerprint density at radius 3 is 1.42 bits per heavy atom. The zero-order chi connectivity index (χ0) is 43.8. The summed E-state index contributed by atoms with van der Waals surface area (Å²) in [5.41, 5.74) is 12.6. The van der Waals surface area contributed by atoms with E-state index in [-0.39, 0.29) is 12.8 Å². The van der Waals surface area contributed by atoms with Crippen LogP contribution in [0.15, 0.2) is 110 Å². The average molecular weight is 829 g/mol. The fourth-order valence-electron chi connectivity index (χ4n) is 7.19. The summed E-state index contributed by atoms with van der Waals surface area (Å²) in [4.78, 5) is 30.5. The van der Waals surface area contributed by atoms with Gasteiger partial charge in [-0.25, -0.2) is 0 Å². The molecule has 0 fully saturated rings. The molecule has 0 aliphatic heterocycles. The molecule has 0 saturated heterocycles. The first-order valence-corrected chi connectivity index (χ1v) is 20.4. The number of ether oxygens (including phenoxy) is 2. The Morgan fingerprint density at radius 1 is 0.581 bits per heavy atom. The number of nitriles is 2. The van der Waals surface area contributed by atoms with Gasteiger partial charge in [0.2, 0.25) is 0 Å². The quantitative estimate of drug-likeness (QED) is 0.0505. The molecule has 4 N–H and O–H groups in total. The number of carboxylic acids is 2. The van der Waals surface area contributed by atoms with Gasteiger partial charge in [-0.05, 0) is 132 Å². The molecular formula is C50H48N6O6. The molecule has 0 saturated carbocycles. The largest absolute Gasteiger partial charge is 0.489 e.